The van der Waals surface area contributed by atoms with Crippen molar-refractivity contribution < 1.29 is 27.8 Å². The summed E-state index contributed by atoms with van der Waals surface area (Å²) in [6.07, 6.45) is -3.30. The van der Waals surface area contributed by atoms with Gasteiger partial charge in [0.1, 0.15) is 17.2 Å². The van der Waals surface area contributed by atoms with Crippen LogP contribution in [0.15, 0.2) is 48.5 Å². The van der Waals surface area contributed by atoms with Crippen molar-refractivity contribution in [1.29, 1.82) is 0 Å². The summed E-state index contributed by atoms with van der Waals surface area (Å²) in [7, 11) is 0. The molecule has 31 heavy (non-hydrogen) atoms. The number of alkyl halides is 3. The molecule has 1 heterocycles. The highest BCUT2D eigenvalue weighted by Gasteiger charge is 2.38. The summed E-state index contributed by atoms with van der Waals surface area (Å²) >= 11 is 6.33. The molecule has 164 valence electrons. The highest BCUT2D eigenvalue weighted by atomic mass is 35.5. The van der Waals surface area contributed by atoms with Gasteiger partial charge in [-0.1, -0.05) is 42.8 Å². The van der Waals surface area contributed by atoms with Crippen LogP contribution in [0.5, 0.6) is 5.75 Å². The van der Waals surface area contributed by atoms with E-state index in [9.17, 15) is 13.2 Å². The van der Waals surface area contributed by atoms with Crippen molar-refractivity contribution in [2.24, 2.45) is 5.92 Å². The molecule has 1 fully saturated rings. The molecule has 1 aromatic heterocycles. The second-order valence-corrected chi connectivity index (χ2v) is 8.34. The summed E-state index contributed by atoms with van der Waals surface area (Å²) < 4.78 is 50.1. The van der Waals surface area contributed by atoms with Crippen LogP contribution in [0.2, 0.25) is 5.02 Å². The predicted molar refractivity (Wildman–Crippen MR) is 114 cm³/mol. The van der Waals surface area contributed by atoms with Gasteiger partial charge < -0.3 is 9.84 Å². The summed E-state index contributed by atoms with van der Waals surface area (Å²) in [5.41, 5.74) is 2.14. The maximum atomic E-state index is 13.4. The van der Waals surface area contributed by atoms with Crippen LogP contribution >= 0.6 is 23.1 Å². The highest BCUT2D eigenvalue weighted by molar-refractivity contribution is 7.06. The highest BCUT2D eigenvalue weighted by Crippen LogP contribution is 2.47. The fourth-order valence-corrected chi connectivity index (χ4v) is 4.15. The standard InChI is InChI=1S/C21H17ClF3NOS.CH2O2/c1-12-10-17(12)13-4-8-16(9-5-13)27-11-18-19(14-2-6-15(22)7-3-14)26-28-20(18)21(23,24)25;2-1-3/h2-9,12,17H,10-11H2,1H3;1H,(H,2,3). The first-order valence-electron chi connectivity index (χ1n) is 9.37. The molecule has 0 saturated heterocycles. The molecule has 1 saturated carbocycles. The van der Waals surface area contributed by atoms with Gasteiger partial charge in [0.25, 0.3) is 6.47 Å². The van der Waals surface area contributed by atoms with Crippen molar-refractivity contribution >= 4 is 29.6 Å². The van der Waals surface area contributed by atoms with Crippen LogP contribution in [0.25, 0.3) is 11.3 Å². The van der Waals surface area contributed by atoms with E-state index in [0.717, 1.165) is 0 Å². The molecular weight excluding hydrogens is 451 g/mol. The van der Waals surface area contributed by atoms with Crippen molar-refractivity contribution in [2.75, 3.05) is 0 Å². The predicted octanol–water partition coefficient (Wildman–Crippen LogP) is 6.89. The number of rotatable bonds is 5. The zero-order valence-corrected chi connectivity index (χ0v) is 18.0. The maximum absolute atomic E-state index is 13.4. The number of ether oxygens (including phenoxy) is 1. The third kappa shape index (κ3) is 5.77. The minimum Gasteiger partial charge on any atom is -0.489 e. The number of hydrogen-bond donors (Lipinski definition) is 1. The van der Waals surface area contributed by atoms with Gasteiger partial charge in [-0.2, -0.15) is 17.5 Å². The molecule has 1 N–H and O–H groups in total. The molecular formula is C22H19ClF3NO3S. The van der Waals surface area contributed by atoms with Gasteiger partial charge in [-0.25, -0.2) is 0 Å². The van der Waals surface area contributed by atoms with E-state index < -0.39 is 11.1 Å². The normalized spacial score (nSPS) is 17.5. The van der Waals surface area contributed by atoms with E-state index in [2.05, 4.69) is 11.3 Å². The lowest BCUT2D eigenvalue weighted by Crippen LogP contribution is -2.08. The maximum Gasteiger partial charge on any atom is 0.427 e. The molecule has 0 spiro atoms. The number of halogens is 4. The van der Waals surface area contributed by atoms with E-state index in [1.54, 1.807) is 24.3 Å². The molecule has 2 aromatic carbocycles. The number of hydrogen-bond acceptors (Lipinski definition) is 4. The Balaban J connectivity index is 0.000000858. The first kappa shape index (κ1) is 23.1. The molecule has 2 atom stereocenters. The lowest BCUT2D eigenvalue weighted by molar-refractivity contribution is -0.135. The molecule has 4 rings (SSSR count). The molecule has 0 aliphatic heterocycles. The second kappa shape index (κ2) is 9.70. The minimum absolute atomic E-state index is 0.0414. The van der Waals surface area contributed by atoms with Crippen LogP contribution in [0.1, 0.15) is 35.3 Å². The van der Waals surface area contributed by atoms with Crippen molar-refractivity contribution in [3.8, 4) is 17.0 Å². The van der Waals surface area contributed by atoms with Crippen LogP contribution in [0, 0.1) is 5.92 Å². The number of nitrogens with zero attached hydrogens (tertiary/aromatic N) is 1. The Morgan fingerprint density at radius 3 is 2.29 bits per heavy atom. The van der Waals surface area contributed by atoms with Crippen LogP contribution < -0.4 is 4.74 Å². The number of aromatic nitrogens is 1. The zero-order chi connectivity index (χ0) is 22.6. The molecule has 2 unspecified atom stereocenters. The lowest BCUT2D eigenvalue weighted by atomic mass is 10.1. The Hall–Kier alpha value is -2.58. The smallest absolute Gasteiger partial charge is 0.427 e. The summed E-state index contributed by atoms with van der Waals surface area (Å²) in [6, 6.07) is 14.2. The molecule has 4 nitrogen and oxygen atoms in total. The van der Waals surface area contributed by atoms with Crippen LogP contribution in [0.3, 0.4) is 0 Å². The molecule has 9 heteroatoms. The SMILES string of the molecule is CC1CC1c1ccc(OCc2c(-c3ccc(Cl)cc3)nsc2C(F)(F)F)cc1.O=CO. The van der Waals surface area contributed by atoms with Gasteiger partial charge in [-0.15, -0.1) is 0 Å². The summed E-state index contributed by atoms with van der Waals surface area (Å²) in [6.45, 7) is 1.75. The lowest BCUT2D eigenvalue weighted by Gasteiger charge is -2.11. The second-order valence-electron chi connectivity index (χ2n) is 7.13. The first-order valence-corrected chi connectivity index (χ1v) is 10.5. The van der Waals surface area contributed by atoms with Gasteiger partial charge in [0.2, 0.25) is 0 Å². The summed E-state index contributed by atoms with van der Waals surface area (Å²) in [4.78, 5) is 7.63. The summed E-state index contributed by atoms with van der Waals surface area (Å²) in [5, 5.41) is 7.40. The van der Waals surface area contributed by atoms with Gasteiger partial charge in [0, 0.05) is 16.1 Å². The quantitative estimate of drug-likeness (QED) is 0.413. The van der Waals surface area contributed by atoms with Gasteiger partial charge in [0.05, 0.1) is 5.69 Å². The van der Waals surface area contributed by atoms with Crippen molar-refractivity contribution in [2.45, 2.75) is 32.0 Å². The van der Waals surface area contributed by atoms with E-state index in [-0.39, 0.29) is 24.3 Å². The third-order valence-corrected chi connectivity index (χ3v) is 6.15. The Kier molecular flexibility index (Phi) is 7.23. The van der Waals surface area contributed by atoms with Crippen molar-refractivity contribution in [3.05, 3.63) is 69.6 Å². The van der Waals surface area contributed by atoms with E-state index >= 15 is 0 Å². The molecule has 1 aliphatic rings. The van der Waals surface area contributed by atoms with Gasteiger partial charge in [0.15, 0.2) is 0 Å². The topological polar surface area (TPSA) is 59.4 Å². The minimum atomic E-state index is -4.48. The molecule has 0 amide bonds. The fourth-order valence-electron chi connectivity index (χ4n) is 3.25. The van der Waals surface area contributed by atoms with Crippen LogP contribution in [-0.4, -0.2) is 16.0 Å². The summed E-state index contributed by atoms with van der Waals surface area (Å²) in [5.74, 6) is 1.82. The Morgan fingerprint density at radius 2 is 1.77 bits per heavy atom. The molecule has 0 bridgehead atoms. The molecule has 3 aromatic rings. The van der Waals surface area contributed by atoms with E-state index in [1.807, 2.05) is 24.3 Å². The number of carbonyl (C=O) groups is 1. The average Bonchev–Trinajstić information content (AvgIpc) is 3.29. The van der Waals surface area contributed by atoms with E-state index in [1.165, 1.54) is 12.0 Å². The van der Waals surface area contributed by atoms with Gasteiger partial charge >= 0.3 is 6.18 Å². The number of benzene rings is 2. The van der Waals surface area contributed by atoms with E-state index in [4.69, 9.17) is 26.2 Å². The first-order chi connectivity index (χ1) is 14.7. The third-order valence-electron chi connectivity index (χ3n) is 4.96. The molecule has 1 aliphatic carbocycles. The van der Waals surface area contributed by atoms with Gasteiger partial charge in [-0.3, -0.25) is 4.79 Å². The van der Waals surface area contributed by atoms with Crippen molar-refractivity contribution in [3.63, 3.8) is 0 Å². The van der Waals surface area contributed by atoms with Crippen LogP contribution in [0.4, 0.5) is 13.2 Å². The largest absolute Gasteiger partial charge is 0.489 e. The molecule has 0 radical (unpaired) electrons. The van der Waals surface area contributed by atoms with Crippen LogP contribution in [-0.2, 0) is 17.6 Å². The monoisotopic (exact) mass is 469 g/mol. The zero-order valence-electron chi connectivity index (χ0n) is 16.4. The fraction of sp³-hybridized carbons (Fsp3) is 0.273. The average molecular weight is 470 g/mol. The van der Waals surface area contributed by atoms with Gasteiger partial charge in [-0.05, 0) is 59.6 Å². The Bertz CT molecular complexity index is 1020. The van der Waals surface area contributed by atoms with E-state index in [0.29, 0.717) is 39.7 Å². The number of carboxylic acid groups (broad SMARTS) is 1. The Morgan fingerprint density at radius 1 is 1.19 bits per heavy atom. The van der Waals surface area contributed by atoms with Crippen molar-refractivity contribution in [1.82, 2.24) is 4.37 Å². The Labute approximate surface area is 186 Å².